The van der Waals surface area contributed by atoms with Crippen LogP contribution in [-0.2, 0) is 4.79 Å². The van der Waals surface area contributed by atoms with Crippen molar-refractivity contribution in [2.45, 2.75) is 45.4 Å². The van der Waals surface area contributed by atoms with Gasteiger partial charge < -0.3 is 10.6 Å². The summed E-state index contributed by atoms with van der Waals surface area (Å²) in [6.45, 7) is 4.94. The van der Waals surface area contributed by atoms with Crippen molar-refractivity contribution in [3.05, 3.63) is 0 Å². The summed E-state index contributed by atoms with van der Waals surface area (Å²) in [4.78, 5) is 12.4. The highest BCUT2D eigenvalue weighted by molar-refractivity contribution is 5.83. The van der Waals surface area contributed by atoms with Crippen LogP contribution in [0.15, 0.2) is 0 Å². The van der Waals surface area contributed by atoms with Gasteiger partial charge in [-0.1, -0.05) is 6.92 Å². The molecule has 0 spiro atoms. The molecule has 0 aromatic rings. The molecule has 0 aromatic heterocycles. The molecule has 96 valence electrons. The van der Waals surface area contributed by atoms with Gasteiger partial charge in [-0.3, -0.25) is 4.79 Å². The van der Waals surface area contributed by atoms with Crippen LogP contribution >= 0.6 is 0 Å². The number of hydrogen-bond acceptors (Lipinski definition) is 2. The average molecular weight is 236 g/mol. The molecule has 1 saturated heterocycles. The number of nitrogens with one attached hydrogen (secondary N) is 2. The lowest BCUT2D eigenvalue weighted by molar-refractivity contribution is -0.130. The second-order valence-electron chi connectivity index (χ2n) is 6.38. The van der Waals surface area contributed by atoms with Crippen LogP contribution in [0.4, 0.5) is 0 Å². The SMILES string of the molecule is CCC1(C(=O)NCC2(C3CC3)CC2)CCNC1. The Morgan fingerprint density at radius 2 is 2.12 bits per heavy atom. The predicted molar refractivity (Wildman–Crippen MR) is 67.6 cm³/mol. The minimum Gasteiger partial charge on any atom is -0.355 e. The van der Waals surface area contributed by atoms with Gasteiger partial charge in [0.15, 0.2) is 0 Å². The maximum atomic E-state index is 12.4. The van der Waals surface area contributed by atoms with Crippen LogP contribution in [0.25, 0.3) is 0 Å². The molecule has 3 rings (SSSR count). The summed E-state index contributed by atoms with van der Waals surface area (Å²) < 4.78 is 0. The molecule has 3 fully saturated rings. The molecular weight excluding hydrogens is 212 g/mol. The molecule has 2 aliphatic carbocycles. The van der Waals surface area contributed by atoms with Gasteiger partial charge in [-0.05, 0) is 56.4 Å². The largest absolute Gasteiger partial charge is 0.355 e. The van der Waals surface area contributed by atoms with E-state index < -0.39 is 0 Å². The molecule has 0 bridgehead atoms. The van der Waals surface area contributed by atoms with Gasteiger partial charge in [0.05, 0.1) is 5.41 Å². The van der Waals surface area contributed by atoms with Gasteiger partial charge in [0.2, 0.25) is 5.91 Å². The van der Waals surface area contributed by atoms with Crippen molar-refractivity contribution >= 4 is 5.91 Å². The first-order valence-electron chi connectivity index (χ1n) is 7.20. The Kier molecular flexibility index (Phi) is 2.69. The van der Waals surface area contributed by atoms with E-state index in [-0.39, 0.29) is 5.41 Å². The van der Waals surface area contributed by atoms with Gasteiger partial charge in [-0.25, -0.2) is 0 Å². The van der Waals surface area contributed by atoms with E-state index in [0.717, 1.165) is 38.4 Å². The van der Waals surface area contributed by atoms with Crippen molar-refractivity contribution < 1.29 is 4.79 Å². The molecule has 3 heteroatoms. The monoisotopic (exact) mass is 236 g/mol. The molecular formula is C14H24N2O. The van der Waals surface area contributed by atoms with Gasteiger partial charge in [0, 0.05) is 13.1 Å². The van der Waals surface area contributed by atoms with Crippen molar-refractivity contribution in [3.8, 4) is 0 Å². The molecule has 1 atom stereocenters. The fourth-order valence-corrected chi connectivity index (χ4v) is 3.43. The third-order valence-corrected chi connectivity index (χ3v) is 5.34. The minimum absolute atomic E-state index is 0.111. The summed E-state index contributed by atoms with van der Waals surface area (Å²) in [5.74, 6) is 1.24. The third-order valence-electron chi connectivity index (χ3n) is 5.34. The number of carbonyl (C=O) groups excluding carboxylic acids is 1. The van der Waals surface area contributed by atoms with E-state index in [0.29, 0.717) is 11.3 Å². The molecule has 2 N–H and O–H groups in total. The van der Waals surface area contributed by atoms with Crippen LogP contribution in [-0.4, -0.2) is 25.5 Å². The Labute approximate surface area is 104 Å². The Morgan fingerprint density at radius 3 is 2.59 bits per heavy atom. The third kappa shape index (κ3) is 1.99. The van der Waals surface area contributed by atoms with Crippen LogP contribution in [0.3, 0.4) is 0 Å². The zero-order chi connectivity index (χ0) is 11.9. The molecule has 1 heterocycles. The highest BCUT2D eigenvalue weighted by Gasteiger charge is 2.54. The van der Waals surface area contributed by atoms with Crippen molar-refractivity contribution in [2.75, 3.05) is 19.6 Å². The molecule has 1 unspecified atom stereocenters. The van der Waals surface area contributed by atoms with Crippen molar-refractivity contribution in [1.29, 1.82) is 0 Å². The second kappa shape index (κ2) is 3.98. The fraction of sp³-hybridized carbons (Fsp3) is 0.929. The van der Waals surface area contributed by atoms with Crippen molar-refractivity contribution in [1.82, 2.24) is 10.6 Å². The van der Waals surface area contributed by atoms with E-state index in [1.54, 1.807) is 0 Å². The average Bonchev–Trinajstić information content (AvgIpc) is 3.24. The van der Waals surface area contributed by atoms with Gasteiger partial charge in [0.25, 0.3) is 0 Å². The van der Waals surface area contributed by atoms with E-state index in [1.807, 2.05) is 0 Å². The zero-order valence-corrected chi connectivity index (χ0v) is 10.8. The normalized spacial score (nSPS) is 34.6. The summed E-state index contributed by atoms with van der Waals surface area (Å²) >= 11 is 0. The van der Waals surface area contributed by atoms with Crippen LogP contribution in [0.2, 0.25) is 0 Å². The van der Waals surface area contributed by atoms with Crippen molar-refractivity contribution in [3.63, 3.8) is 0 Å². The Hall–Kier alpha value is -0.570. The molecule has 0 radical (unpaired) electrons. The standard InChI is InChI=1S/C14H24N2O/c1-2-13(7-8-15-9-13)12(17)16-10-14(5-6-14)11-3-4-11/h11,15H,2-10H2,1H3,(H,16,17). The smallest absolute Gasteiger partial charge is 0.227 e. The summed E-state index contributed by atoms with van der Waals surface area (Å²) in [7, 11) is 0. The fourth-order valence-electron chi connectivity index (χ4n) is 3.43. The van der Waals surface area contributed by atoms with Crippen molar-refractivity contribution in [2.24, 2.45) is 16.7 Å². The Balaban J connectivity index is 1.55. The lowest BCUT2D eigenvalue weighted by atomic mass is 9.83. The molecule has 17 heavy (non-hydrogen) atoms. The van der Waals surface area contributed by atoms with Crippen LogP contribution < -0.4 is 10.6 Å². The summed E-state index contributed by atoms with van der Waals surface area (Å²) in [5.41, 5.74) is 0.413. The quantitative estimate of drug-likeness (QED) is 0.762. The van der Waals surface area contributed by atoms with Crippen LogP contribution in [0.5, 0.6) is 0 Å². The van der Waals surface area contributed by atoms with Gasteiger partial charge in [-0.15, -0.1) is 0 Å². The van der Waals surface area contributed by atoms with E-state index in [2.05, 4.69) is 17.6 Å². The lowest BCUT2D eigenvalue weighted by Gasteiger charge is -2.27. The van der Waals surface area contributed by atoms with E-state index in [4.69, 9.17) is 0 Å². The molecule has 1 amide bonds. The second-order valence-corrected chi connectivity index (χ2v) is 6.38. The lowest BCUT2D eigenvalue weighted by Crippen LogP contribution is -2.44. The first-order valence-corrected chi connectivity index (χ1v) is 7.20. The molecule has 3 nitrogen and oxygen atoms in total. The number of hydrogen-bond donors (Lipinski definition) is 2. The number of rotatable bonds is 5. The van der Waals surface area contributed by atoms with Crippen LogP contribution in [0.1, 0.15) is 45.4 Å². The van der Waals surface area contributed by atoms with Gasteiger partial charge in [0.1, 0.15) is 0 Å². The van der Waals surface area contributed by atoms with E-state index >= 15 is 0 Å². The maximum Gasteiger partial charge on any atom is 0.227 e. The van der Waals surface area contributed by atoms with Gasteiger partial charge in [-0.2, -0.15) is 0 Å². The molecule has 3 aliphatic rings. The van der Waals surface area contributed by atoms with Crippen LogP contribution in [0, 0.1) is 16.7 Å². The van der Waals surface area contributed by atoms with E-state index in [1.165, 1.54) is 25.7 Å². The summed E-state index contributed by atoms with van der Waals surface area (Å²) in [6.07, 6.45) is 7.45. The maximum absolute atomic E-state index is 12.4. The predicted octanol–water partition coefficient (Wildman–Crippen LogP) is 1.68. The molecule has 2 saturated carbocycles. The first-order chi connectivity index (χ1) is 8.21. The summed E-state index contributed by atoms with van der Waals surface area (Å²) in [5, 5.41) is 6.59. The Morgan fingerprint density at radius 1 is 1.35 bits per heavy atom. The van der Waals surface area contributed by atoms with Gasteiger partial charge >= 0.3 is 0 Å². The molecule has 0 aromatic carbocycles. The topological polar surface area (TPSA) is 41.1 Å². The zero-order valence-electron chi connectivity index (χ0n) is 10.8. The minimum atomic E-state index is -0.111. The van der Waals surface area contributed by atoms with E-state index in [9.17, 15) is 4.79 Å². The highest BCUT2D eigenvalue weighted by Crippen LogP contribution is 2.60. The Bertz CT molecular complexity index is 312. The highest BCUT2D eigenvalue weighted by atomic mass is 16.2. The summed E-state index contributed by atoms with van der Waals surface area (Å²) in [6, 6.07) is 0. The number of amides is 1. The first kappa shape index (κ1) is 11.5. The number of carbonyl (C=O) groups is 1. The molecule has 1 aliphatic heterocycles.